The highest BCUT2D eigenvalue weighted by Crippen LogP contribution is 2.58. The van der Waals surface area contributed by atoms with Crippen LogP contribution < -0.4 is 18.9 Å². The lowest BCUT2D eigenvalue weighted by Gasteiger charge is -2.33. The number of nitrogens with one attached hydrogen (secondary N) is 1. The van der Waals surface area contributed by atoms with Gasteiger partial charge < -0.3 is 28.6 Å². The van der Waals surface area contributed by atoms with E-state index in [-0.39, 0.29) is 50.1 Å². The zero-order valence-electron chi connectivity index (χ0n) is 33.7. The van der Waals surface area contributed by atoms with Crippen molar-refractivity contribution in [3.05, 3.63) is 36.5 Å². The summed E-state index contributed by atoms with van der Waals surface area (Å²) in [6, 6.07) is 4.38. The number of allylic oxidation sites excluding steroid dienone is 2. The molecule has 1 saturated heterocycles. The van der Waals surface area contributed by atoms with E-state index < -0.39 is 73.5 Å². The van der Waals surface area contributed by atoms with Gasteiger partial charge in [0.2, 0.25) is 27.7 Å². The molecule has 310 valence electrons. The van der Waals surface area contributed by atoms with Crippen LogP contribution in [0.5, 0.6) is 17.4 Å². The Labute approximate surface area is 334 Å². The molecule has 2 aliphatic carbocycles. The van der Waals surface area contributed by atoms with E-state index in [1.54, 1.807) is 40.0 Å². The summed E-state index contributed by atoms with van der Waals surface area (Å²) >= 11 is 0. The fourth-order valence-electron chi connectivity index (χ4n) is 8.36. The molecular weight excluding hydrogens is 755 g/mol. The number of hydrogen-bond acceptors (Lipinski definition) is 12. The van der Waals surface area contributed by atoms with E-state index >= 15 is 0 Å². The van der Waals surface area contributed by atoms with Crippen LogP contribution >= 0.6 is 0 Å². The van der Waals surface area contributed by atoms with E-state index in [1.165, 1.54) is 4.90 Å². The van der Waals surface area contributed by atoms with Crippen molar-refractivity contribution in [3.63, 3.8) is 0 Å². The molecule has 3 fully saturated rings. The molecule has 1 aromatic carbocycles. The second-order valence-electron chi connectivity index (χ2n) is 17.6. The predicted octanol–water partition coefficient (Wildman–Crippen LogP) is 5.20. The van der Waals surface area contributed by atoms with Crippen molar-refractivity contribution in [3.8, 4) is 17.4 Å². The van der Waals surface area contributed by atoms with Gasteiger partial charge in [0, 0.05) is 29.8 Å². The van der Waals surface area contributed by atoms with Gasteiger partial charge in [0.1, 0.15) is 24.9 Å². The molecule has 15 heteroatoms. The Hall–Kier alpha value is -4.24. The van der Waals surface area contributed by atoms with E-state index in [9.17, 15) is 27.6 Å². The maximum absolute atomic E-state index is 15.0. The quantitative estimate of drug-likeness (QED) is 0.273. The number of ether oxygens (including phenoxy) is 5. The molecule has 0 bridgehead atoms. The number of ketones is 1. The third-order valence-corrected chi connectivity index (χ3v) is 14.2. The van der Waals surface area contributed by atoms with Gasteiger partial charge in [-0.3, -0.25) is 23.9 Å². The molecule has 57 heavy (non-hydrogen) atoms. The fraction of sp³-hybridized carbons (Fsp3) is 0.643. The van der Waals surface area contributed by atoms with Crippen molar-refractivity contribution < 1.29 is 51.3 Å². The van der Waals surface area contributed by atoms with Crippen molar-refractivity contribution in [2.45, 2.75) is 134 Å². The molecular formula is C42H55N3O11S. The number of aromatic nitrogens is 1. The summed E-state index contributed by atoms with van der Waals surface area (Å²) in [5.41, 5.74) is -2.10. The molecule has 3 aliphatic heterocycles. The molecule has 14 nitrogen and oxygen atoms in total. The van der Waals surface area contributed by atoms with Gasteiger partial charge in [-0.1, -0.05) is 19.1 Å². The summed E-state index contributed by atoms with van der Waals surface area (Å²) < 4.78 is 58.3. The van der Waals surface area contributed by atoms with Gasteiger partial charge in [-0.15, -0.1) is 0 Å². The number of carbonyl (C=O) groups excluding carboxylic acids is 4. The number of sulfonamides is 1. The molecule has 5 aliphatic rings. The number of carbonyl (C=O) groups is 4. The third kappa shape index (κ3) is 8.50. The summed E-state index contributed by atoms with van der Waals surface area (Å²) in [7, 11) is -3.98. The zero-order valence-corrected chi connectivity index (χ0v) is 34.5. The summed E-state index contributed by atoms with van der Waals surface area (Å²) in [6.45, 7) is 11.5. The molecule has 0 spiro atoms. The molecule has 0 radical (unpaired) electrons. The first kappa shape index (κ1) is 40.9. The summed E-state index contributed by atoms with van der Waals surface area (Å²) in [5, 5.41) is 1.40. The largest absolute Gasteiger partial charge is 0.486 e. The van der Waals surface area contributed by atoms with E-state index in [4.69, 9.17) is 23.7 Å². The maximum atomic E-state index is 15.0. The van der Waals surface area contributed by atoms with Crippen LogP contribution in [0.25, 0.3) is 10.8 Å². The number of Topliss-reactive ketones (excluding diaryl/α,β-unsaturated/α-hetero) is 1. The number of esters is 1. The number of benzene rings is 1. The number of amides is 2. The summed E-state index contributed by atoms with van der Waals surface area (Å²) in [5.74, 6) is -2.01. The van der Waals surface area contributed by atoms with Crippen LogP contribution in [0.2, 0.25) is 0 Å². The summed E-state index contributed by atoms with van der Waals surface area (Å²) in [6.07, 6.45) is 6.10. The van der Waals surface area contributed by atoms with Crippen molar-refractivity contribution in [1.82, 2.24) is 14.6 Å². The number of rotatable bonds is 8. The number of fused-ring (bicyclic) bond motifs is 5. The van der Waals surface area contributed by atoms with Crippen molar-refractivity contribution in [2.24, 2.45) is 17.3 Å². The Kier molecular flexibility index (Phi) is 11.1. The molecule has 7 rings (SSSR count). The SMILES string of the molecule is CC[C@@H]1O[C@H](C)CC/C=C\[C@@H]2C[C@@]2(C(=O)NS(=O)(=O)C2(C)CC2)CC(=O)[C@@H]2C[C@@H](Oc3nccc4c5c(ccc34)OCCO5)CN2C(=O)[C@H]1CC(=O)OC(C)(C)C. The minimum atomic E-state index is -3.98. The topological polar surface area (TPSA) is 177 Å². The normalized spacial score (nSPS) is 30.6. The van der Waals surface area contributed by atoms with Gasteiger partial charge in [0.25, 0.3) is 0 Å². The van der Waals surface area contributed by atoms with E-state index in [0.29, 0.717) is 62.2 Å². The predicted molar refractivity (Wildman–Crippen MR) is 209 cm³/mol. The lowest BCUT2D eigenvalue weighted by molar-refractivity contribution is -0.163. The van der Waals surface area contributed by atoms with Crippen LogP contribution in [0, 0.1) is 17.3 Å². The lowest BCUT2D eigenvalue weighted by Crippen LogP contribution is -2.49. The smallest absolute Gasteiger partial charge is 0.307 e. The van der Waals surface area contributed by atoms with Crippen molar-refractivity contribution in [1.29, 1.82) is 0 Å². The number of hydrogen-bond donors (Lipinski definition) is 1. The first-order valence-corrected chi connectivity index (χ1v) is 21.7. The average Bonchev–Trinajstić information content (AvgIpc) is 4.03. The second kappa shape index (κ2) is 15.5. The highest BCUT2D eigenvalue weighted by atomic mass is 32.2. The Bertz CT molecular complexity index is 2060. The highest BCUT2D eigenvalue weighted by Gasteiger charge is 2.63. The Morgan fingerprint density at radius 3 is 2.56 bits per heavy atom. The molecule has 1 N–H and O–H groups in total. The molecule has 1 aromatic heterocycles. The Morgan fingerprint density at radius 2 is 1.84 bits per heavy atom. The van der Waals surface area contributed by atoms with Crippen molar-refractivity contribution >= 4 is 44.4 Å². The molecule has 4 heterocycles. The van der Waals surface area contributed by atoms with Gasteiger partial charge >= 0.3 is 5.97 Å². The molecule has 2 aromatic rings. The first-order chi connectivity index (χ1) is 26.9. The average molecular weight is 810 g/mol. The van der Waals surface area contributed by atoms with E-state index in [0.717, 1.165) is 5.39 Å². The van der Waals surface area contributed by atoms with Crippen LogP contribution in [-0.4, -0.2) is 96.3 Å². The van der Waals surface area contributed by atoms with Gasteiger partial charge in [-0.05, 0) is 97.3 Å². The van der Waals surface area contributed by atoms with Gasteiger partial charge in [0.05, 0.1) is 47.3 Å². The standard InChI is InChI=1S/C42H55N3O11S/c1-7-33-30(21-35(47)56-40(3,4)5)38(48)45-24-27(55-37-29-12-13-34-36(53-19-18-52-34)28(29)14-17-43-37)20-31(45)32(46)23-42(22-26(42)11-9-8-10-25(2)54-33)39(49)44-57(50,51)41(6)15-16-41/h9,11-14,17,25-27,30-31,33H,7-8,10,15-16,18-24H2,1-6H3,(H,44,49)/b11-9-/t25-,26-,27-,30+,31+,33+,42-/m1/s1. The molecule has 7 atom stereocenters. The third-order valence-electron chi connectivity index (χ3n) is 12.0. The zero-order chi connectivity index (χ0) is 40.9. The van der Waals surface area contributed by atoms with Crippen LogP contribution in [-0.2, 0) is 38.7 Å². The van der Waals surface area contributed by atoms with Crippen LogP contribution in [0.15, 0.2) is 36.5 Å². The summed E-state index contributed by atoms with van der Waals surface area (Å²) in [4.78, 5) is 63.1. The second-order valence-corrected chi connectivity index (χ2v) is 19.8. The van der Waals surface area contributed by atoms with E-state index in [1.807, 2.05) is 38.1 Å². The fourth-order valence-corrected chi connectivity index (χ4v) is 9.69. The number of pyridine rings is 1. The van der Waals surface area contributed by atoms with Crippen LogP contribution in [0.1, 0.15) is 99.3 Å². The van der Waals surface area contributed by atoms with Gasteiger partial charge in [0.15, 0.2) is 17.3 Å². The van der Waals surface area contributed by atoms with Crippen LogP contribution in [0.3, 0.4) is 0 Å². The Morgan fingerprint density at radius 1 is 1.09 bits per heavy atom. The lowest BCUT2D eigenvalue weighted by atomic mass is 9.90. The number of nitrogens with zero attached hydrogens (tertiary/aromatic N) is 2. The highest BCUT2D eigenvalue weighted by molar-refractivity contribution is 7.91. The maximum Gasteiger partial charge on any atom is 0.307 e. The van der Waals surface area contributed by atoms with Gasteiger partial charge in [-0.2, -0.15) is 0 Å². The van der Waals surface area contributed by atoms with Crippen LogP contribution in [0.4, 0.5) is 0 Å². The van der Waals surface area contributed by atoms with Crippen molar-refractivity contribution in [2.75, 3.05) is 19.8 Å². The Balaban J connectivity index is 1.24. The molecule has 0 unspecified atom stereocenters. The van der Waals surface area contributed by atoms with Gasteiger partial charge in [-0.25, -0.2) is 13.4 Å². The minimum Gasteiger partial charge on any atom is -0.486 e. The van der Waals surface area contributed by atoms with E-state index in [2.05, 4.69) is 9.71 Å². The molecule has 2 saturated carbocycles. The first-order valence-electron chi connectivity index (χ1n) is 20.2. The molecule has 2 amide bonds. The minimum absolute atomic E-state index is 0.00999. The monoisotopic (exact) mass is 809 g/mol.